The van der Waals surface area contributed by atoms with Gasteiger partial charge in [0.25, 0.3) is 0 Å². The number of nitrogens with two attached hydrogens (primary N) is 1. The van der Waals surface area contributed by atoms with Crippen LogP contribution in [0.3, 0.4) is 0 Å². The summed E-state index contributed by atoms with van der Waals surface area (Å²) in [5, 5.41) is 9.04. The van der Waals surface area contributed by atoms with E-state index < -0.39 is 15.3 Å². The number of para-hydroxylation sites is 3. The second kappa shape index (κ2) is 8.14. The Bertz CT molecular complexity index is 1630. The summed E-state index contributed by atoms with van der Waals surface area (Å²) < 4.78 is 24.8. The summed E-state index contributed by atoms with van der Waals surface area (Å²) in [4.78, 5) is 22.5. The molecule has 5 aromatic rings. The normalized spacial score (nSPS) is 12.9. The number of thioether (sulfide) groups is 1. The lowest BCUT2D eigenvalue weighted by Crippen LogP contribution is -2.23. The Kier molecular flexibility index (Phi) is 5.28. The van der Waals surface area contributed by atoms with E-state index in [0.717, 1.165) is 27.6 Å². The molecule has 0 saturated heterocycles. The quantitative estimate of drug-likeness (QED) is 0.293. The first-order chi connectivity index (χ1) is 15.8. The van der Waals surface area contributed by atoms with Gasteiger partial charge in [-0.2, -0.15) is 0 Å². The molecular formula is C23H19N5O3S2. The van der Waals surface area contributed by atoms with Crippen LogP contribution < -0.4 is 10.5 Å². The maximum atomic E-state index is 12.9. The van der Waals surface area contributed by atoms with Crippen molar-refractivity contribution in [3.8, 4) is 0 Å². The van der Waals surface area contributed by atoms with E-state index in [2.05, 4.69) is 5.32 Å². The molecule has 2 heterocycles. The van der Waals surface area contributed by atoms with Gasteiger partial charge in [0.2, 0.25) is 15.9 Å². The van der Waals surface area contributed by atoms with Gasteiger partial charge < -0.3 is 5.32 Å². The van der Waals surface area contributed by atoms with E-state index in [-0.39, 0.29) is 10.8 Å². The summed E-state index contributed by atoms with van der Waals surface area (Å²) in [5.74, 6) is -0.240. The van der Waals surface area contributed by atoms with Gasteiger partial charge in [0.1, 0.15) is 5.65 Å². The van der Waals surface area contributed by atoms with Crippen molar-refractivity contribution in [3.63, 3.8) is 0 Å². The number of nitrogens with one attached hydrogen (secondary N) is 1. The first-order valence-electron chi connectivity index (χ1n) is 10.1. The van der Waals surface area contributed by atoms with Crippen LogP contribution in [0.5, 0.6) is 0 Å². The maximum absolute atomic E-state index is 12.9. The number of rotatable bonds is 5. The molecule has 0 aliphatic heterocycles. The van der Waals surface area contributed by atoms with Gasteiger partial charge in [-0.15, -0.1) is 0 Å². The average Bonchev–Trinajstić information content (AvgIpc) is 3.19. The third-order valence-electron chi connectivity index (χ3n) is 5.21. The fraction of sp³-hybridized carbons (Fsp3) is 0.0870. The molecule has 3 aromatic carbocycles. The standard InChI is InChI=1S/C23H19N5O3S2/c1-14(22(29)25-15-10-12-16(13-11-15)33(24,30)31)32-23-27-18-7-3-2-6-17(18)21-26-19-8-4-5-9-20(19)28(21)23/h2-14H,1H3,(H,25,29)(H2,24,30,31)/t14-/m1/s1. The molecule has 5 rings (SSSR count). The van der Waals surface area contributed by atoms with E-state index in [9.17, 15) is 13.2 Å². The minimum atomic E-state index is -3.79. The van der Waals surface area contributed by atoms with Crippen LogP contribution >= 0.6 is 11.8 Å². The van der Waals surface area contributed by atoms with Crippen molar-refractivity contribution < 1.29 is 13.2 Å². The molecule has 8 nitrogen and oxygen atoms in total. The highest BCUT2D eigenvalue weighted by Gasteiger charge is 2.20. The lowest BCUT2D eigenvalue weighted by molar-refractivity contribution is -0.115. The van der Waals surface area contributed by atoms with Crippen molar-refractivity contribution in [2.45, 2.75) is 22.2 Å². The first-order valence-corrected chi connectivity index (χ1v) is 12.5. The smallest absolute Gasteiger partial charge is 0.238 e. The Morgan fingerprint density at radius 3 is 2.36 bits per heavy atom. The van der Waals surface area contributed by atoms with E-state index in [4.69, 9.17) is 15.1 Å². The molecule has 166 valence electrons. The van der Waals surface area contributed by atoms with Crippen molar-refractivity contribution in [2.24, 2.45) is 5.14 Å². The number of imidazole rings is 1. The van der Waals surface area contributed by atoms with Crippen LogP contribution in [-0.2, 0) is 14.8 Å². The lowest BCUT2D eigenvalue weighted by Gasteiger charge is -2.14. The topological polar surface area (TPSA) is 119 Å². The molecular weight excluding hydrogens is 458 g/mol. The van der Waals surface area contributed by atoms with Crippen molar-refractivity contribution >= 4 is 61.0 Å². The third-order valence-corrected chi connectivity index (χ3v) is 7.20. The zero-order chi connectivity index (χ0) is 23.2. The minimum Gasteiger partial charge on any atom is -0.325 e. The van der Waals surface area contributed by atoms with Gasteiger partial charge in [-0.25, -0.2) is 23.5 Å². The van der Waals surface area contributed by atoms with Crippen LogP contribution in [0.1, 0.15) is 6.92 Å². The average molecular weight is 478 g/mol. The first kappa shape index (κ1) is 21.4. The number of benzene rings is 3. The number of carbonyl (C=O) groups excluding carboxylic acids is 1. The van der Waals surface area contributed by atoms with Crippen LogP contribution in [0.25, 0.3) is 27.6 Å². The van der Waals surface area contributed by atoms with Crippen molar-refractivity contribution in [2.75, 3.05) is 5.32 Å². The zero-order valence-corrected chi connectivity index (χ0v) is 19.1. The molecule has 0 radical (unpaired) electrons. The molecule has 0 aliphatic rings. The number of anilines is 1. The number of aromatic nitrogens is 3. The molecule has 0 unspecified atom stereocenters. The highest BCUT2D eigenvalue weighted by atomic mass is 32.2. The van der Waals surface area contributed by atoms with E-state index in [1.165, 1.54) is 36.0 Å². The number of hydrogen-bond donors (Lipinski definition) is 2. The van der Waals surface area contributed by atoms with Gasteiger partial charge in [0.15, 0.2) is 5.16 Å². The highest BCUT2D eigenvalue weighted by Crippen LogP contribution is 2.31. The van der Waals surface area contributed by atoms with Gasteiger partial charge in [-0.05, 0) is 55.5 Å². The second-order valence-electron chi connectivity index (χ2n) is 7.49. The Morgan fingerprint density at radius 1 is 0.970 bits per heavy atom. The number of nitrogens with zero attached hydrogens (tertiary/aromatic N) is 3. The minimum absolute atomic E-state index is 0.0161. The SMILES string of the molecule is C[C@@H](Sc1nc2ccccc2c2nc3ccccc3n12)C(=O)Nc1ccc(S(N)(=O)=O)cc1. The predicted octanol–water partition coefficient (Wildman–Crippen LogP) is 3.80. The van der Waals surface area contributed by atoms with Gasteiger partial charge in [-0.1, -0.05) is 36.0 Å². The Hall–Kier alpha value is -3.47. The molecule has 2 aromatic heterocycles. The van der Waals surface area contributed by atoms with Crippen LogP contribution in [0.2, 0.25) is 0 Å². The molecule has 0 aliphatic carbocycles. The number of primary sulfonamides is 1. The van der Waals surface area contributed by atoms with E-state index >= 15 is 0 Å². The van der Waals surface area contributed by atoms with E-state index in [0.29, 0.717) is 10.8 Å². The van der Waals surface area contributed by atoms with Crippen LogP contribution in [0.4, 0.5) is 5.69 Å². The summed E-state index contributed by atoms with van der Waals surface area (Å²) in [6, 6.07) is 21.3. The van der Waals surface area contributed by atoms with Gasteiger partial charge in [-0.3, -0.25) is 9.20 Å². The number of sulfonamides is 1. The van der Waals surface area contributed by atoms with Gasteiger partial charge in [0, 0.05) is 11.1 Å². The molecule has 0 spiro atoms. The fourth-order valence-electron chi connectivity index (χ4n) is 3.58. The Morgan fingerprint density at radius 2 is 1.64 bits per heavy atom. The maximum Gasteiger partial charge on any atom is 0.238 e. The number of amides is 1. The largest absolute Gasteiger partial charge is 0.325 e. The van der Waals surface area contributed by atoms with E-state index in [1.807, 2.05) is 52.9 Å². The second-order valence-corrected chi connectivity index (χ2v) is 10.4. The third kappa shape index (κ3) is 4.04. The molecule has 10 heteroatoms. The van der Waals surface area contributed by atoms with E-state index in [1.54, 1.807) is 6.92 Å². The predicted molar refractivity (Wildman–Crippen MR) is 130 cm³/mol. The molecule has 0 bridgehead atoms. The highest BCUT2D eigenvalue weighted by molar-refractivity contribution is 8.00. The van der Waals surface area contributed by atoms with Crippen molar-refractivity contribution in [1.82, 2.24) is 14.4 Å². The summed E-state index contributed by atoms with van der Waals surface area (Å²) in [7, 11) is -3.79. The number of hydrogen-bond acceptors (Lipinski definition) is 6. The Balaban J connectivity index is 1.48. The summed E-state index contributed by atoms with van der Waals surface area (Å²) in [5.41, 5.74) is 3.83. The van der Waals surface area contributed by atoms with Crippen LogP contribution in [0, 0.1) is 0 Å². The van der Waals surface area contributed by atoms with Crippen LogP contribution in [-0.4, -0.2) is 33.9 Å². The molecule has 1 atom stereocenters. The summed E-state index contributed by atoms with van der Waals surface area (Å²) in [6.45, 7) is 1.79. The summed E-state index contributed by atoms with van der Waals surface area (Å²) in [6.07, 6.45) is 0. The van der Waals surface area contributed by atoms with Crippen LogP contribution in [0.15, 0.2) is 82.8 Å². The molecule has 0 fully saturated rings. The monoisotopic (exact) mass is 477 g/mol. The molecule has 3 N–H and O–H groups in total. The number of fused-ring (bicyclic) bond motifs is 5. The van der Waals surface area contributed by atoms with Gasteiger partial charge >= 0.3 is 0 Å². The zero-order valence-electron chi connectivity index (χ0n) is 17.5. The molecule has 0 saturated carbocycles. The van der Waals surface area contributed by atoms with Gasteiger partial charge in [0.05, 0.1) is 26.7 Å². The molecule has 1 amide bonds. The van der Waals surface area contributed by atoms with Crippen molar-refractivity contribution in [1.29, 1.82) is 0 Å². The lowest BCUT2D eigenvalue weighted by atomic mass is 10.2. The fourth-order valence-corrected chi connectivity index (χ4v) is 5.01. The Labute approximate surface area is 193 Å². The summed E-state index contributed by atoms with van der Waals surface area (Å²) >= 11 is 1.33. The number of carbonyl (C=O) groups is 1. The molecule has 33 heavy (non-hydrogen) atoms. The van der Waals surface area contributed by atoms with Crippen molar-refractivity contribution in [3.05, 3.63) is 72.8 Å².